The van der Waals surface area contributed by atoms with E-state index in [0.29, 0.717) is 41.4 Å². The van der Waals surface area contributed by atoms with E-state index in [4.69, 9.17) is 21.4 Å². The summed E-state index contributed by atoms with van der Waals surface area (Å²) in [5.74, 6) is -0.176. The third-order valence-electron chi connectivity index (χ3n) is 4.90. The lowest BCUT2D eigenvalue weighted by Crippen LogP contribution is -2.49. The summed E-state index contributed by atoms with van der Waals surface area (Å²) in [6.07, 6.45) is 1.83. The van der Waals surface area contributed by atoms with Crippen LogP contribution in [-0.2, 0) is 11.2 Å². The normalized spacial score (nSPS) is 15.8. The number of piperidine rings is 1. The molecule has 1 fully saturated rings. The fraction of sp³-hybridized carbons (Fsp3) is 0.333. The Labute approximate surface area is 184 Å². The van der Waals surface area contributed by atoms with Crippen LogP contribution in [0, 0.1) is 0 Å². The molecule has 31 heavy (non-hydrogen) atoms. The second-order valence-corrected chi connectivity index (χ2v) is 7.59. The SMILES string of the molecule is COc1ccc(Cl)cc1CC(=O)Nc1ccnc(C(=O)NC2CCCN(C(=O)O)C2)c1. The van der Waals surface area contributed by atoms with E-state index in [-0.39, 0.29) is 30.6 Å². The number of anilines is 1. The van der Waals surface area contributed by atoms with Crippen molar-refractivity contribution in [3.8, 4) is 5.75 Å². The number of hydrogen-bond acceptors (Lipinski definition) is 5. The molecule has 2 heterocycles. The molecule has 3 N–H and O–H groups in total. The first-order valence-electron chi connectivity index (χ1n) is 9.72. The minimum atomic E-state index is -1.00. The van der Waals surface area contributed by atoms with Crippen LogP contribution in [0.1, 0.15) is 28.9 Å². The molecule has 0 bridgehead atoms. The molecular formula is C21H23ClN4O5. The molecule has 1 aromatic carbocycles. The maximum Gasteiger partial charge on any atom is 0.407 e. The van der Waals surface area contributed by atoms with E-state index < -0.39 is 12.0 Å². The van der Waals surface area contributed by atoms with Crippen molar-refractivity contribution in [2.45, 2.75) is 25.3 Å². The number of nitrogens with one attached hydrogen (secondary N) is 2. The van der Waals surface area contributed by atoms with Crippen molar-refractivity contribution in [1.82, 2.24) is 15.2 Å². The molecule has 164 valence electrons. The largest absolute Gasteiger partial charge is 0.496 e. The van der Waals surface area contributed by atoms with Crippen LogP contribution in [0.4, 0.5) is 10.5 Å². The Morgan fingerprint density at radius 1 is 1.29 bits per heavy atom. The molecule has 0 aliphatic carbocycles. The molecule has 0 saturated carbocycles. The highest BCUT2D eigenvalue weighted by molar-refractivity contribution is 6.30. The first-order valence-corrected chi connectivity index (χ1v) is 10.1. The predicted octanol–water partition coefficient (Wildman–Crippen LogP) is 2.80. The zero-order valence-corrected chi connectivity index (χ0v) is 17.7. The van der Waals surface area contributed by atoms with Crippen LogP contribution in [0.5, 0.6) is 5.75 Å². The third-order valence-corrected chi connectivity index (χ3v) is 5.13. The molecule has 0 spiro atoms. The summed E-state index contributed by atoms with van der Waals surface area (Å²) < 4.78 is 5.25. The number of carboxylic acid groups (broad SMARTS) is 1. The molecule has 1 atom stereocenters. The number of methoxy groups -OCH3 is 1. The van der Waals surface area contributed by atoms with Gasteiger partial charge in [-0.3, -0.25) is 14.6 Å². The number of halogens is 1. The Bertz CT molecular complexity index is 984. The van der Waals surface area contributed by atoms with Crippen LogP contribution in [0.15, 0.2) is 36.5 Å². The van der Waals surface area contributed by atoms with Crippen molar-refractivity contribution >= 4 is 35.2 Å². The van der Waals surface area contributed by atoms with Gasteiger partial charge in [0, 0.05) is 41.6 Å². The number of hydrogen-bond donors (Lipinski definition) is 3. The molecule has 1 unspecified atom stereocenters. The Morgan fingerprint density at radius 2 is 2.10 bits per heavy atom. The highest BCUT2D eigenvalue weighted by Gasteiger charge is 2.25. The smallest absolute Gasteiger partial charge is 0.407 e. The molecule has 1 aromatic heterocycles. The Kier molecular flexibility index (Phi) is 7.30. The van der Waals surface area contributed by atoms with Crippen LogP contribution in [-0.4, -0.2) is 59.1 Å². The van der Waals surface area contributed by atoms with Crippen LogP contribution < -0.4 is 15.4 Å². The lowest BCUT2D eigenvalue weighted by Gasteiger charge is -2.31. The lowest BCUT2D eigenvalue weighted by atomic mass is 10.1. The number of amides is 3. The van der Waals surface area contributed by atoms with Gasteiger partial charge in [-0.1, -0.05) is 11.6 Å². The Morgan fingerprint density at radius 3 is 2.84 bits per heavy atom. The fourth-order valence-electron chi connectivity index (χ4n) is 3.42. The van der Waals surface area contributed by atoms with Gasteiger partial charge in [-0.05, 0) is 43.2 Å². The Hall–Kier alpha value is -3.33. The zero-order chi connectivity index (χ0) is 22.4. The van der Waals surface area contributed by atoms with Gasteiger partial charge in [-0.15, -0.1) is 0 Å². The molecular weight excluding hydrogens is 424 g/mol. The van der Waals surface area contributed by atoms with Crippen molar-refractivity contribution in [2.24, 2.45) is 0 Å². The van der Waals surface area contributed by atoms with Gasteiger partial charge in [-0.25, -0.2) is 4.79 Å². The number of aromatic nitrogens is 1. The number of carbonyl (C=O) groups excluding carboxylic acids is 2. The minimum absolute atomic E-state index is 0.0423. The van der Waals surface area contributed by atoms with Gasteiger partial charge >= 0.3 is 6.09 Å². The maximum absolute atomic E-state index is 12.6. The van der Waals surface area contributed by atoms with Gasteiger partial charge in [-0.2, -0.15) is 0 Å². The highest BCUT2D eigenvalue weighted by atomic mass is 35.5. The lowest BCUT2D eigenvalue weighted by molar-refractivity contribution is -0.115. The molecule has 1 saturated heterocycles. The third kappa shape index (κ3) is 6.08. The number of ether oxygens (including phenoxy) is 1. The van der Waals surface area contributed by atoms with E-state index in [0.717, 1.165) is 0 Å². The van der Waals surface area contributed by atoms with Crippen molar-refractivity contribution in [2.75, 3.05) is 25.5 Å². The standard InChI is InChI=1S/C21H23ClN4O5/c1-31-18-5-4-14(22)9-13(18)10-19(27)24-15-6-7-23-17(11-15)20(28)25-16-3-2-8-26(12-16)21(29)30/h4-7,9,11,16H,2-3,8,10,12H2,1H3,(H,25,28)(H,29,30)(H,23,24,27). The summed E-state index contributed by atoms with van der Waals surface area (Å²) in [6, 6.07) is 7.80. The fourth-order valence-corrected chi connectivity index (χ4v) is 3.62. The average Bonchev–Trinajstić information content (AvgIpc) is 2.74. The maximum atomic E-state index is 12.6. The van der Waals surface area contributed by atoms with E-state index in [9.17, 15) is 14.4 Å². The molecule has 9 nitrogen and oxygen atoms in total. The van der Waals surface area contributed by atoms with Gasteiger partial charge in [0.05, 0.1) is 13.5 Å². The Balaban J connectivity index is 1.62. The molecule has 1 aliphatic heterocycles. The monoisotopic (exact) mass is 446 g/mol. The first-order chi connectivity index (χ1) is 14.9. The quantitative estimate of drug-likeness (QED) is 0.627. The number of carbonyl (C=O) groups is 3. The number of pyridine rings is 1. The van der Waals surface area contributed by atoms with E-state index in [2.05, 4.69) is 15.6 Å². The van der Waals surface area contributed by atoms with Gasteiger partial charge in [0.15, 0.2) is 0 Å². The van der Waals surface area contributed by atoms with Gasteiger partial charge in [0.2, 0.25) is 5.91 Å². The van der Waals surface area contributed by atoms with E-state index in [1.54, 1.807) is 24.3 Å². The van der Waals surface area contributed by atoms with Crippen LogP contribution >= 0.6 is 11.6 Å². The van der Waals surface area contributed by atoms with Gasteiger partial charge in [0.1, 0.15) is 11.4 Å². The minimum Gasteiger partial charge on any atom is -0.496 e. The molecule has 3 rings (SSSR count). The molecule has 1 aliphatic rings. The summed E-state index contributed by atoms with van der Waals surface area (Å²) in [4.78, 5) is 41.5. The predicted molar refractivity (Wildman–Crippen MR) is 115 cm³/mol. The first kappa shape index (κ1) is 22.4. The average molecular weight is 447 g/mol. The van der Waals surface area contributed by atoms with Crippen LogP contribution in [0.2, 0.25) is 5.02 Å². The van der Waals surface area contributed by atoms with Crippen molar-refractivity contribution in [3.63, 3.8) is 0 Å². The molecule has 2 aromatic rings. The number of nitrogens with zero attached hydrogens (tertiary/aromatic N) is 2. The van der Waals surface area contributed by atoms with E-state index in [1.165, 1.54) is 24.3 Å². The van der Waals surface area contributed by atoms with Gasteiger partial charge < -0.3 is 25.4 Å². The van der Waals surface area contributed by atoms with Crippen LogP contribution in [0.3, 0.4) is 0 Å². The summed E-state index contributed by atoms with van der Waals surface area (Å²) in [5, 5.41) is 15.2. The second-order valence-electron chi connectivity index (χ2n) is 7.15. The molecule has 0 radical (unpaired) electrons. The second kappa shape index (κ2) is 10.1. The zero-order valence-electron chi connectivity index (χ0n) is 16.9. The van der Waals surface area contributed by atoms with Gasteiger partial charge in [0.25, 0.3) is 5.91 Å². The molecule has 10 heteroatoms. The number of rotatable bonds is 6. The number of benzene rings is 1. The van der Waals surface area contributed by atoms with E-state index in [1.807, 2.05) is 0 Å². The highest BCUT2D eigenvalue weighted by Crippen LogP contribution is 2.23. The topological polar surface area (TPSA) is 121 Å². The summed E-state index contributed by atoms with van der Waals surface area (Å²) in [5.41, 5.74) is 1.19. The molecule has 3 amide bonds. The summed E-state index contributed by atoms with van der Waals surface area (Å²) in [7, 11) is 1.51. The van der Waals surface area contributed by atoms with Crippen molar-refractivity contribution < 1.29 is 24.2 Å². The van der Waals surface area contributed by atoms with E-state index >= 15 is 0 Å². The number of likely N-dealkylation sites (tertiary alicyclic amines) is 1. The summed E-state index contributed by atoms with van der Waals surface area (Å²) in [6.45, 7) is 0.692. The van der Waals surface area contributed by atoms with Crippen LogP contribution in [0.25, 0.3) is 0 Å². The summed E-state index contributed by atoms with van der Waals surface area (Å²) >= 11 is 6.00. The van der Waals surface area contributed by atoms with Crippen molar-refractivity contribution in [3.05, 3.63) is 52.8 Å². The van der Waals surface area contributed by atoms with Crippen molar-refractivity contribution in [1.29, 1.82) is 0 Å².